The van der Waals surface area contributed by atoms with Crippen molar-refractivity contribution in [2.24, 2.45) is 0 Å². The van der Waals surface area contributed by atoms with E-state index in [0.717, 1.165) is 5.56 Å². The molecule has 3 aromatic rings. The van der Waals surface area contributed by atoms with E-state index in [2.05, 4.69) is 11.1 Å². The molecule has 2 aromatic carbocycles. The lowest BCUT2D eigenvalue weighted by Crippen LogP contribution is -2.18. The molecular formula is C24H23ClN2O3. The summed E-state index contributed by atoms with van der Waals surface area (Å²) in [7, 11) is 1.59. The third-order valence-electron chi connectivity index (χ3n) is 4.54. The molecule has 5 nitrogen and oxygen atoms in total. The summed E-state index contributed by atoms with van der Waals surface area (Å²) in [5, 5.41) is 9.77. The first-order valence-corrected chi connectivity index (χ1v) is 9.93. The number of hydrogen-bond donors (Lipinski definition) is 0. The van der Waals surface area contributed by atoms with Crippen LogP contribution in [0.25, 0.3) is 11.1 Å². The molecule has 1 atom stereocenters. The number of benzene rings is 2. The summed E-state index contributed by atoms with van der Waals surface area (Å²) in [6, 6.07) is 19.4. The van der Waals surface area contributed by atoms with E-state index in [4.69, 9.17) is 25.8 Å². The van der Waals surface area contributed by atoms with Gasteiger partial charge in [0.1, 0.15) is 29.3 Å². The van der Waals surface area contributed by atoms with E-state index in [1.54, 1.807) is 7.11 Å². The van der Waals surface area contributed by atoms with Crippen LogP contribution in [-0.4, -0.2) is 24.8 Å². The Morgan fingerprint density at radius 1 is 1.10 bits per heavy atom. The molecule has 1 heterocycles. The number of rotatable bonds is 8. The van der Waals surface area contributed by atoms with Gasteiger partial charge in [-0.1, -0.05) is 41.9 Å². The van der Waals surface area contributed by atoms with Crippen molar-refractivity contribution in [3.8, 4) is 28.7 Å². The lowest BCUT2D eigenvalue weighted by molar-refractivity contribution is 0.0215. The third kappa shape index (κ3) is 5.29. The molecule has 6 heteroatoms. The van der Waals surface area contributed by atoms with E-state index < -0.39 is 0 Å². The quantitative estimate of drug-likeness (QED) is 0.443. The first-order valence-electron chi connectivity index (χ1n) is 9.55. The van der Waals surface area contributed by atoms with Crippen LogP contribution in [-0.2, 0) is 11.3 Å². The Hall–Kier alpha value is -3.07. The lowest BCUT2D eigenvalue weighted by Gasteiger charge is -2.18. The molecule has 30 heavy (non-hydrogen) atoms. The van der Waals surface area contributed by atoms with Crippen molar-refractivity contribution in [3.63, 3.8) is 0 Å². The number of aromatic nitrogens is 1. The fourth-order valence-corrected chi connectivity index (χ4v) is 3.27. The zero-order valence-corrected chi connectivity index (χ0v) is 17.9. The molecule has 154 valence electrons. The number of ether oxygens (including phenoxy) is 3. The summed E-state index contributed by atoms with van der Waals surface area (Å²) in [6.07, 6.45) is -0.127. The second-order valence-corrected chi connectivity index (χ2v) is 7.23. The van der Waals surface area contributed by atoms with Gasteiger partial charge in [0.2, 0.25) is 0 Å². The van der Waals surface area contributed by atoms with E-state index in [-0.39, 0.29) is 11.3 Å². The predicted octanol–water partition coefficient (Wildman–Crippen LogP) is 5.57. The number of pyridine rings is 1. The van der Waals surface area contributed by atoms with Crippen LogP contribution in [0.5, 0.6) is 11.5 Å². The SMILES string of the molecule is COc1ccc(OCC(C)OCc2ccccc2)c(-c2cc(C)nc(Cl)c2C#N)c1. The maximum Gasteiger partial charge on any atom is 0.147 e. The summed E-state index contributed by atoms with van der Waals surface area (Å²) in [5.41, 5.74) is 3.49. The molecular weight excluding hydrogens is 400 g/mol. The molecule has 1 unspecified atom stereocenters. The van der Waals surface area contributed by atoms with Crippen LogP contribution >= 0.6 is 11.6 Å². The van der Waals surface area contributed by atoms with Crippen molar-refractivity contribution >= 4 is 11.6 Å². The molecule has 0 aliphatic heterocycles. The molecule has 0 spiro atoms. The minimum Gasteiger partial charge on any atom is -0.497 e. The molecule has 0 radical (unpaired) electrons. The minimum atomic E-state index is -0.127. The number of nitriles is 1. The zero-order chi connectivity index (χ0) is 21.5. The minimum absolute atomic E-state index is 0.127. The fraction of sp³-hybridized carbons (Fsp3) is 0.250. The van der Waals surface area contributed by atoms with Gasteiger partial charge in [0.05, 0.1) is 25.4 Å². The number of nitrogens with zero attached hydrogens (tertiary/aromatic N) is 2. The number of hydrogen-bond acceptors (Lipinski definition) is 5. The first-order chi connectivity index (χ1) is 14.5. The molecule has 0 amide bonds. The maximum absolute atomic E-state index is 9.60. The smallest absolute Gasteiger partial charge is 0.147 e. The van der Waals surface area contributed by atoms with Crippen LogP contribution < -0.4 is 9.47 Å². The Balaban J connectivity index is 1.82. The first kappa shape index (κ1) is 21.6. The average molecular weight is 423 g/mol. The van der Waals surface area contributed by atoms with E-state index >= 15 is 0 Å². The fourth-order valence-electron chi connectivity index (χ4n) is 2.99. The van der Waals surface area contributed by atoms with Crippen LogP contribution in [0.2, 0.25) is 5.15 Å². The summed E-state index contributed by atoms with van der Waals surface area (Å²) in [6.45, 7) is 4.65. The topological polar surface area (TPSA) is 64.4 Å². The summed E-state index contributed by atoms with van der Waals surface area (Å²) in [4.78, 5) is 4.18. The van der Waals surface area contributed by atoms with Crippen molar-refractivity contribution in [2.45, 2.75) is 26.6 Å². The third-order valence-corrected chi connectivity index (χ3v) is 4.82. The normalized spacial score (nSPS) is 11.6. The van der Waals surface area contributed by atoms with Crippen molar-refractivity contribution in [1.82, 2.24) is 4.98 Å². The van der Waals surface area contributed by atoms with Crippen molar-refractivity contribution < 1.29 is 14.2 Å². The molecule has 3 rings (SSSR count). The van der Waals surface area contributed by atoms with Gasteiger partial charge in [-0.05, 0) is 43.7 Å². The highest BCUT2D eigenvalue weighted by molar-refractivity contribution is 6.31. The molecule has 0 fully saturated rings. The van der Waals surface area contributed by atoms with Crippen molar-refractivity contribution in [1.29, 1.82) is 5.26 Å². The molecule has 0 saturated heterocycles. The maximum atomic E-state index is 9.60. The Morgan fingerprint density at radius 2 is 1.87 bits per heavy atom. The Morgan fingerprint density at radius 3 is 2.57 bits per heavy atom. The Labute approximate surface area is 181 Å². The van der Waals surface area contributed by atoms with Gasteiger partial charge in [-0.25, -0.2) is 4.98 Å². The van der Waals surface area contributed by atoms with Gasteiger partial charge >= 0.3 is 0 Å². The van der Waals surface area contributed by atoms with Crippen molar-refractivity contribution in [3.05, 3.63) is 76.6 Å². The van der Waals surface area contributed by atoms with E-state index in [1.165, 1.54) is 0 Å². The van der Waals surface area contributed by atoms with Crippen LogP contribution in [0.15, 0.2) is 54.6 Å². The zero-order valence-electron chi connectivity index (χ0n) is 17.2. The number of methoxy groups -OCH3 is 1. The van der Waals surface area contributed by atoms with E-state index in [9.17, 15) is 5.26 Å². The second kappa shape index (κ2) is 10.1. The largest absolute Gasteiger partial charge is 0.497 e. The number of aryl methyl sites for hydroxylation is 1. The van der Waals surface area contributed by atoms with Gasteiger partial charge in [0, 0.05) is 16.8 Å². The van der Waals surface area contributed by atoms with Gasteiger partial charge in [-0.15, -0.1) is 0 Å². The summed E-state index contributed by atoms with van der Waals surface area (Å²) >= 11 is 6.21. The van der Waals surface area contributed by atoms with Crippen molar-refractivity contribution in [2.75, 3.05) is 13.7 Å². The van der Waals surface area contributed by atoms with Gasteiger partial charge in [0.15, 0.2) is 0 Å². The van der Waals surface area contributed by atoms with E-state index in [0.29, 0.717) is 47.1 Å². The molecule has 0 N–H and O–H groups in total. The van der Waals surface area contributed by atoms with Gasteiger partial charge in [-0.3, -0.25) is 0 Å². The van der Waals surface area contributed by atoms with Crippen LogP contribution in [0.3, 0.4) is 0 Å². The number of halogens is 1. The predicted molar refractivity (Wildman–Crippen MR) is 117 cm³/mol. The Kier molecular flexibility index (Phi) is 7.29. The summed E-state index contributed by atoms with van der Waals surface area (Å²) in [5.74, 6) is 1.27. The molecule has 0 aliphatic carbocycles. The molecule has 0 bridgehead atoms. The highest BCUT2D eigenvalue weighted by atomic mass is 35.5. The lowest BCUT2D eigenvalue weighted by atomic mass is 10.00. The standard InChI is InChI=1S/C24H23ClN2O3/c1-16-11-20(22(13-26)24(25)27-16)21-12-19(28-3)9-10-23(21)30-14-17(2)29-15-18-7-5-4-6-8-18/h4-12,17H,14-15H2,1-3H3. The molecule has 1 aromatic heterocycles. The van der Waals surface area contributed by atoms with Crippen LogP contribution in [0.1, 0.15) is 23.7 Å². The van der Waals surface area contributed by atoms with E-state index in [1.807, 2.05) is 68.4 Å². The average Bonchev–Trinajstić information content (AvgIpc) is 2.76. The highest BCUT2D eigenvalue weighted by Gasteiger charge is 2.17. The monoisotopic (exact) mass is 422 g/mol. The van der Waals surface area contributed by atoms with Crippen LogP contribution in [0, 0.1) is 18.3 Å². The van der Waals surface area contributed by atoms with Crippen LogP contribution in [0.4, 0.5) is 0 Å². The molecule has 0 aliphatic rings. The van der Waals surface area contributed by atoms with Gasteiger partial charge < -0.3 is 14.2 Å². The Bertz CT molecular complexity index is 1050. The highest BCUT2D eigenvalue weighted by Crippen LogP contribution is 2.37. The summed E-state index contributed by atoms with van der Waals surface area (Å²) < 4.78 is 17.3. The molecule has 0 saturated carbocycles. The van der Waals surface area contributed by atoms with Gasteiger partial charge in [0.25, 0.3) is 0 Å². The second-order valence-electron chi connectivity index (χ2n) is 6.87. The van der Waals surface area contributed by atoms with Gasteiger partial charge in [-0.2, -0.15) is 5.26 Å².